The molecular weight excluding hydrogens is 259 g/mol. The number of hydrogen-bond donors (Lipinski definition) is 1. The fraction of sp³-hybridized carbons (Fsp3) is 0.0833. The molecule has 0 bridgehead atoms. The van der Waals surface area contributed by atoms with Crippen molar-refractivity contribution in [1.29, 1.82) is 5.26 Å². The molecule has 0 unspecified atom stereocenters. The molecule has 0 fully saturated rings. The minimum absolute atomic E-state index is 0.349. The zero-order chi connectivity index (χ0) is 12.3. The predicted octanol–water partition coefficient (Wildman–Crippen LogP) is 4.02. The monoisotopic (exact) mass is 266 g/mol. The van der Waals surface area contributed by atoms with E-state index in [2.05, 4.69) is 11.4 Å². The molecule has 0 saturated heterocycles. The lowest BCUT2D eigenvalue weighted by Crippen LogP contribution is -1.98. The van der Waals surface area contributed by atoms with Crippen LogP contribution in [0.1, 0.15) is 9.75 Å². The second kappa shape index (κ2) is 5.17. The number of benzene rings is 1. The zero-order valence-electron chi connectivity index (χ0n) is 8.71. The van der Waals surface area contributed by atoms with E-state index >= 15 is 0 Å². The van der Waals surface area contributed by atoms with Gasteiger partial charge < -0.3 is 5.32 Å². The minimum atomic E-state index is -0.358. The summed E-state index contributed by atoms with van der Waals surface area (Å²) in [7, 11) is 0. The van der Waals surface area contributed by atoms with Gasteiger partial charge >= 0.3 is 0 Å². The summed E-state index contributed by atoms with van der Waals surface area (Å²) in [6.07, 6.45) is 0. The first-order valence-electron chi connectivity index (χ1n) is 4.87. The fourth-order valence-electron chi connectivity index (χ4n) is 1.35. The Balaban J connectivity index is 2.05. The third kappa shape index (κ3) is 2.96. The molecule has 86 valence electrons. The summed E-state index contributed by atoms with van der Waals surface area (Å²) in [5.74, 6) is -0.358. The Morgan fingerprint density at radius 1 is 1.35 bits per heavy atom. The highest BCUT2D eigenvalue weighted by atomic mass is 35.5. The molecule has 0 saturated carbocycles. The van der Waals surface area contributed by atoms with E-state index in [4.69, 9.17) is 16.9 Å². The highest BCUT2D eigenvalue weighted by molar-refractivity contribution is 7.12. The van der Waals surface area contributed by atoms with Crippen LogP contribution in [0.2, 0.25) is 5.02 Å². The Morgan fingerprint density at radius 3 is 2.82 bits per heavy atom. The quantitative estimate of drug-likeness (QED) is 0.911. The third-order valence-electron chi connectivity index (χ3n) is 2.16. The SMILES string of the molecule is N#Cc1ccc(CNc2ccc(F)cc2Cl)s1. The first-order valence-corrected chi connectivity index (χ1v) is 6.06. The normalized spacial score (nSPS) is 9.94. The lowest BCUT2D eigenvalue weighted by molar-refractivity contribution is 0.628. The van der Waals surface area contributed by atoms with Crippen molar-refractivity contribution < 1.29 is 4.39 Å². The van der Waals surface area contributed by atoms with E-state index in [1.54, 1.807) is 12.1 Å². The van der Waals surface area contributed by atoms with E-state index in [-0.39, 0.29) is 5.82 Å². The number of rotatable bonds is 3. The van der Waals surface area contributed by atoms with Gasteiger partial charge in [0.15, 0.2) is 0 Å². The van der Waals surface area contributed by atoms with E-state index < -0.39 is 0 Å². The zero-order valence-corrected chi connectivity index (χ0v) is 10.3. The molecule has 0 amide bonds. The van der Waals surface area contributed by atoms with Gasteiger partial charge in [0.1, 0.15) is 16.8 Å². The molecule has 1 aromatic carbocycles. The van der Waals surface area contributed by atoms with Crippen LogP contribution in [0, 0.1) is 17.1 Å². The van der Waals surface area contributed by atoms with Gasteiger partial charge in [-0.25, -0.2) is 4.39 Å². The van der Waals surface area contributed by atoms with Gasteiger partial charge in [0, 0.05) is 11.4 Å². The van der Waals surface area contributed by atoms with Crippen LogP contribution >= 0.6 is 22.9 Å². The van der Waals surface area contributed by atoms with Crippen molar-refractivity contribution in [2.24, 2.45) is 0 Å². The number of nitrogens with one attached hydrogen (secondary N) is 1. The van der Waals surface area contributed by atoms with E-state index in [1.165, 1.54) is 23.5 Å². The van der Waals surface area contributed by atoms with Gasteiger partial charge in [0.2, 0.25) is 0 Å². The van der Waals surface area contributed by atoms with Gasteiger partial charge in [0.25, 0.3) is 0 Å². The second-order valence-electron chi connectivity index (χ2n) is 3.36. The van der Waals surface area contributed by atoms with Crippen molar-refractivity contribution >= 4 is 28.6 Å². The summed E-state index contributed by atoms with van der Waals surface area (Å²) < 4.78 is 12.8. The standard InChI is InChI=1S/C12H8ClFN2S/c13-11-5-8(14)1-4-12(11)16-7-10-3-2-9(6-15)17-10/h1-5,16H,7H2. The molecular formula is C12H8ClFN2S. The Bertz CT molecular complexity index is 574. The molecule has 0 atom stereocenters. The van der Waals surface area contributed by atoms with Gasteiger partial charge in [-0.15, -0.1) is 11.3 Å². The van der Waals surface area contributed by atoms with Crippen LogP contribution in [0.25, 0.3) is 0 Å². The van der Waals surface area contributed by atoms with Gasteiger partial charge in [-0.3, -0.25) is 0 Å². The molecule has 0 aliphatic rings. The minimum Gasteiger partial charge on any atom is -0.379 e. The lowest BCUT2D eigenvalue weighted by Gasteiger charge is -2.06. The van der Waals surface area contributed by atoms with Crippen LogP contribution in [0.15, 0.2) is 30.3 Å². The largest absolute Gasteiger partial charge is 0.379 e. The van der Waals surface area contributed by atoms with Crippen LogP contribution in [0.3, 0.4) is 0 Å². The number of nitrogens with zero attached hydrogens (tertiary/aromatic N) is 1. The maximum Gasteiger partial charge on any atom is 0.124 e. The third-order valence-corrected chi connectivity index (χ3v) is 3.46. The summed E-state index contributed by atoms with van der Waals surface area (Å²) in [6.45, 7) is 0.567. The fourth-order valence-corrected chi connectivity index (χ4v) is 2.33. The lowest BCUT2D eigenvalue weighted by atomic mass is 10.3. The molecule has 2 nitrogen and oxygen atoms in total. The second-order valence-corrected chi connectivity index (χ2v) is 4.93. The van der Waals surface area contributed by atoms with Crippen LogP contribution in [0.4, 0.5) is 10.1 Å². The van der Waals surface area contributed by atoms with Crippen molar-refractivity contribution in [3.05, 3.63) is 50.9 Å². The smallest absolute Gasteiger partial charge is 0.124 e. The molecule has 1 heterocycles. The average molecular weight is 267 g/mol. The molecule has 0 aliphatic carbocycles. The molecule has 0 spiro atoms. The summed E-state index contributed by atoms with van der Waals surface area (Å²) in [4.78, 5) is 1.70. The highest BCUT2D eigenvalue weighted by Crippen LogP contribution is 2.24. The molecule has 0 radical (unpaired) electrons. The number of thiophene rings is 1. The van der Waals surface area contributed by atoms with Gasteiger partial charge in [-0.05, 0) is 30.3 Å². The van der Waals surface area contributed by atoms with Crippen LogP contribution in [-0.4, -0.2) is 0 Å². The van der Waals surface area contributed by atoms with Crippen LogP contribution < -0.4 is 5.32 Å². The van der Waals surface area contributed by atoms with E-state index in [0.717, 1.165) is 4.88 Å². The van der Waals surface area contributed by atoms with Crippen molar-refractivity contribution in [2.45, 2.75) is 6.54 Å². The molecule has 1 N–H and O–H groups in total. The summed E-state index contributed by atoms with van der Waals surface area (Å²) in [5, 5.41) is 12.1. The van der Waals surface area contributed by atoms with Crippen molar-refractivity contribution in [1.82, 2.24) is 0 Å². The van der Waals surface area contributed by atoms with Crippen LogP contribution in [-0.2, 0) is 6.54 Å². The molecule has 2 aromatic rings. The Labute approximate surface area is 107 Å². The Morgan fingerprint density at radius 2 is 2.18 bits per heavy atom. The Kier molecular flexibility index (Phi) is 3.62. The van der Waals surface area contributed by atoms with Gasteiger partial charge in [0.05, 0.1) is 10.7 Å². The van der Waals surface area contributed by atoms with Crippen molar-refractivity contribution in [3.8, 4) is 6.07 Å². The molecule has 17 heavy (non-hydrogen) atoms. The topological polar surface area (TPSA) is 35.8 Å². The number of nitriles is 1. The number of anilines is 1. The predicted molar refractivity (Wildman–Crippen MR) is 67.8 cm³/mol. The maximum absolute atomic E-state index is 12.8. The summed E-state index contributed by atoms with van der Waals surface area (Å²) in [6, 6.07) is 9.94. The number of hydrogen-bond acceptors (Lipinski definition) is 3. The summed E-state index contributed by atoms with van der Waals surface area (Å²) in [5.41, 5.74) is 0.681. The molecule has 0 aliphatic heterocycles. The van der Waals surface area contributed by atoms with Crippen molar-refractivity contribution in [2.75, 3.05) is 5.32 Å². The van der Waals surface area contributed by atoms with Crippen molar-refractivity contribution in [3.63, 3.8) is 0 Å². The maximum atomic E-state index is 12.8. The number of halogens is 2. The van der Waals surface area contributed by atoms with Crippen LogP contribution in [0.5, 0.6) is 0 Å². The first-order chi connectivity index (χ1) is 8.19. The van der Waals surface area contributed by atoms with E-state index in [9.17, 15) is 4.39 Å². The first kappa shape index (κ1) is 11.9. The molecule has 5 heteroatoms. The molecule has 2 rings (SSSR count). The molecule has 1 aromatic heterocycles. The van der Waals surface area contributed by atoms with E-state index in [0.29, 0.717) is 22.1 Å². The highest BCUT2D eigenvalue weighted by Gasteiger charge is 2.03. The van der Waals surface area contributed by atoms with Gasteiger partial charge in [-0.2, -0.15) is 5.26 Å². The van der Waals surface area contributed by atoms with E-state index in [1.807, 2.05) is 6.07 Å². The Hall–Kier alpha value is -1.57. The average Bonchev–Trinajstić information content (AvgIpc) is 2.76. The van der Waals surface area contributed by atoms with Gasteiger partial charge in [-0.1, -0.05) is 11.6 Å². The summed E-state index contributed by atoms with van der Waals surface area (Å²) >= 11 is 7.30.